The van der Waals surface area contributed by atoms with Crippen LogP contribution >= 0.6 is 11.3 Å². The molecule has 126 valence electrons. The number of benzene rings is 1. The molecule has 0 saturated carbocycles. The first-order valence-corrected chi connectivity index (χ1v) is 7.60. The Bertz CT molecular complexity index is 789. The highest BCUT2D eigenvalue weighted by Crippen LogP contribution is 2.28. The predicted molar refractivity (Wildman–Crippen MR) is 85.7 cm³/mol. The van der Waals surface area contributed by atoms with E-state index in [0.29, 0.717) is 0 Å². The van der Waals surface area contributed by atoms with Gasteiger partial charge in [-0.05, 0) is 13.0 Å². The number of rotatable bonds is 6. The van der Waals surface area contributed by atoms with Crippen LogP contribution in [0.5, 0.6) is 5.75 Å². The maximum absolute atomic E-state index is 12.2. The minimum atomic E-state index is -0.604. The lowest BCUT2D eigenvalue weighted by Gasteiger charge is -2.05. The molecule has 1 heterocycles. The molecule has 0 aliphatic carbocycles. The highest BCUT2D eigenvalue weighted by atomic mass is 32.1. The Hall–Kier alpha value is -3.01. The van der Waals surface area contributed by atoms with Crippen LogP contribution in [0.3, 0.4) is 0 Å². The SMILES string of the molecule is CCOC(=O)c1csc(NC(=O)c2ccc([N+](=O)[O-])c(OC)c2)n1. The number of nitro groups is 1. The molecule has 0 spiro atoms. The second-order valence-corrected chi connectivity index (χ2v) is 5.21. The van der Waals surface area contributed by atoms with Gasteiger partial charge < -0.3 is 9.47 Å². The second-order valence-electron chi connectivity index (χ2n) is 4.36. The summed E-state index contributed by atoms with van der Waals surface area (Å²) in [5, 5.41) is 15.0. The van der Waals surface area contributed by atoms with Crippen molar-refractivity contribution < 1.29 is 24.0 Å². The minimum absolute atomic E-state index is 0.0287. The zero-order valence-corrected chi connectivity index (χ0v) is 13.6. The summed E-state index contributed by atoms with van der Waals surface area (Å²) < 4.78 is 9.72. The van der Waals surface area contributed by atoms with Crippen LogP contribution in [0, 0.1) is 10.1 Å². The van der Waals surface area contributed by atoms with Crippen LogP contribution in [0.4, 0.5) is 10.8 Å². The maximum Gasteiger partial charge on any atom is 0.357 e. The number of carbonyl (C=O) groups is 2. The molecule has 1 aromatic heterocycles. The number of nitrogens with one attached hydrogen (secondary N) is 1. The van der Waals surface area contributed by atoms with E-state index in [9.17, 15) is 19.7 Å². The van der Waals surface area contributed by atoms with Crippen molar-refractivity contribution in [1.82, 2.24) is 4.98 Å². The fraction of sp³-hybridized carbons (Fsp3) is 0.214. The van der Waals surface area contributed by atoms with Crippen LogP contribution in [-0.2, 0) is 4.74 Å². The Morgan fingerprint density at radius 2 is 2.17 bits per heavy atom. The van der Waals surface area contributed by atoms with Gasteiger partial charge >= 0.3 is 11.7 Å². The number of anilines is 1. The lowest BCUT2D eigenvalue weighted by molar-refractivity contribution is -0.385. The summed E-state index contributed by atoms with van der Waals surface area (Å²) in [7, 11) is 1.27. The third-order valence-electron chi connectivity index (χ3n) is 2.85. The highest BCUT2D eigenvalue weighted by Gasteiger charge is 2.19. The summed E-state index contributed by atoms with van der Waals surface area (Å²) in [4.78, 5) is 37.9. The first-order valence-electron chi connectivity index (χ1n) is 6.72. The lowest BCUT2D eigenvalue weighted by Crippen LogP contribution is -2.12. The molecule has 10 heteroatoms. The molecule has 0 radical (unpaired) electrons. The van der Waals surface area contributed by atoms with E-state index in [0.717, 1.165) is 11.3 Å². The molecule has 0 saturated heterocycles. The van der Waals surface area contributed by atoms with Gasteiger partial charge in [-0.1, -0.05) is 0 Å². The van der Waals surface area contributed by atoms with Crippen LogP contribution in [0.25, 0.3) is 0 Å². The van der Waals surface area contributed by atoms with Crippen molar-refractivity contribution in [2.24, 2.45) is 0 Å². The van der Waals surface area contributed by atoms with E-state index in [2.05, 4.69) is 10.3 Å². The molecule has 2 rings (SSSR count). The zero-order valence-electron chi connectivity index (χ0n) is 12.8. The standard InChI is InChI=1S/C14H13N3O6S/c1-3-23-13(19)9-7-24-14(15-9)16-12(18)8-4-5-10(17(20)21)11(6-8)22-2/h4-7H,3H2,1-2H3,(H,15,16,18). The molecule has 9 nitrogen and oxygen atoms in total. The quantitative estimate of drug-likeness (QED) is 0.482. The fourth-order valence-electron chi connectivity index (χ4n) is 1.77. The molecule has 0 fully saturated rings. The van der Waals surface area contributed by atoms with Crippen LogP contribution in [0.1, 0.15) is 27.8 Å². The number of nitro benzene ring substituents is 1. The van der Waals surface area contributed by atoms with Gasteiger partial charge in [0.15, 0.2) is 16.6 Å². The summed E-state index contributed by atoms with van der Waals surface area (Å²) in [6, 6.07) is 3.74. The monoisotopic (exact) mass is 351 g/mol. The van der Waals surface area contributed by atoms with Gasteiger partial charge in [-0.2, -0.15) is 0 Å². The van der Waals surface area contributed by atoms with Crippen LogP contribution in [0.15, 0.2) is 23.6 Å². The van der Waals surface area contributed by atoms with Crippen molar-refractivity contribution in [3.63, 3.8) is 0 Å². The average molecular weight is 351 g/mol. The molecule has 0 unspecified atom stereocenters. The molecular formula is C14H13N3O6S. The largest absolute Gasteiger partial charge is 0.490 e. The minimum Gasteiger partial charge on any atom is -0.490 e. The number of methoxy groups -OCH3 is 1. The smallest absolute Gasteiger partial charge is 0.357 e. The number of nitrogens with zero attached hydrogens (tertiary/aromatic N) is 2. The average Bonchev–Trinajstić information content (AvgIpc) is 3.02. The number of hydrogen-bond acceptors (Lipinski definition) is 8. The molecule has 1 N–H and O–H groups in total. The highest BCUT2D eigenvalue weighted by molar-refractivity contribution is 7.14. The van der Waals surface area contributed by atoms with Gasteiger partial charge in [0, 0.05) is 23.1 Å². The number of amides is 1. The molecule has 2 aromatic rings. The molecule has 0 aliphatic heterocycles. The summed E-state index contributed by atoms with van der Waals surface area (Å²) in [6.45, 7) is 1.90. The van der Waals surface area contributed by atoms with Gasteiger partial charge in [0.2, 0.25) is 0 Å². The van der Waals surface area contributed by atoms with Crippen LogP contribution in [-0.4, -0.2) is 35.5 Å². The summed E-state index contributed by atoms with van der Waals surface area (Å²) in [5.41, 5.74) is 0.0108. The van der Waals surface area contributed by atoms with Crippen molar-refractivity contribution >= 4 is 34.0 Å². The Labute approximate surface area is 140 Å². The van der Waals surface area contributed by atoms with Gasteiger partial charge in [0.05, 0.1) is 18.6 Å². The van der Waals surface area contributed by atoms with Gasteiger partial charge in [-0.3, -0.25) is 20.2 Å². The van der Waals surface area contributed by atoms with Gasteiger partial charge in [-0.15, -0.1) is 11.3 Å². The lowest BCUT2D eigenvalue weighted by atomic mass is 10.2. The van der Waals surface area contributed by atoms with E-state index in [1.165, 1.54) is 30.7 Å². The Morgan fingerprint density at radius 3 is 2.79 bits per heavy atom. The Morgan fingerprint density at radius 1 is 1.42 bits per heavy atom. The van der Waals surface area contributed by atoms with E-state index in [1.807, 2.05) is 0 Å². The van der Waals surface area contributed by atoms with Gasteiger partial charge in [0.1, 0.15) is 0 Å². The number of hydrogen-bond donors (Lipinski definition) is 1. The molecular weight excluding hydrogens is 338 g/mol. The van der Waals surface area contributed by atoms with E-state index in [1.54, 1.807) is 6.92 Å². The van der Waals surface area contributed by atoms with E-state index in [-0.39, 0.29) is 34.4 Å². The molecule has 1 aromatic carbocycles. The third kappa shape index (κ3) is 3.84. The molecule has 0 aliphatic rings. The number of ether oxygens (including phenoxy) is 2. The molecule has 0 atom stereocenters. The first-order chi connectivity index (χ1) is 11.5. The third-order valence-corrected chi connectivity index (χ3v) is 3.61. The van der Waals surface area contributed by atoms with Crippen molar-refractivity contribution in [1.29, 1.82) is 0 Å². The van der Waals surface area contributed by atoms with Crippen LogP contribution < -0.4 is 10.1 Å². The number of aromatic nitrogens is 1. The number of esters is 1. The normalized spacial score (nSPS) is 10.1. The van der Waals surface area contributed by atoms with Crippen molar-refractivity contribution in [2.75, 3.05) is 19.0 Å². The molecule has 0 bridgehead atoms. The van der Waals surface area contributed by atoms with Crippen molar-refractivity contribution in [2.45, 2.75) is 6.92 Å². The number of thiazole rings is 1. The second kappa shape index (κ2) is 7.51. The molecule has 1 amide bonds. The summed E-state index contributed by atoms with van der Waals surface area (Å²) >= 11 is 1.06. The summed E-state index contributed by atoms with van der Waals surface area (Å²) in [5.74, 6) is -1.14. The Balaban J connectivity index is 2.15. The van der Waals surface area contributed by atoms with E-state index in [4.69, 9.17) is 9.47 Å². The van der Waals surface area contributed by atoms with Crippen molar-refractivity contribution in [3.8, 4) is 5.75 Å². The molecule has 24 heavy (non-hydrogen) atoms. The van der Waals surface area contributed by atoms with E-state index < -0.39 is 16.8 Å². The van der Waals surface area contributed by atoms with Crippen molar-refractivity contribution in [3.05, 3.63) is 45.0 Å². The zero-order chi connectivity index (χ0) is 17.7. The number of carbonyl (C=O) groups excluding carboxylic acids is 2. The van der Waals surface area contributed by atoms with E-state index >= 15 is 0 Å². The van der Waals surface area contributed by atoms with Gasteiger partial charge in [-0.25, -0.2) is 9.78 Å². The first kappa shape index (κ1) is 17.3. The Kier molecular flexibility index (Phi) is 5.42. The maximum atomic E-state index is 12.2. The topological polar surface area (TPSA) is 121 Å². The van der Waals surface area contributed by atoms with Gasteiger partial charge in [0.25, 0.3) is 5.91 Å². The fourth-order valence-corrected chi connectivity index (χ4v) is 2.44. The summed E-state index contributed by atoms with van der Waals surface area (Å²) in [6.07, 6.45) is 0. The van der Waals surface area contributed by atoms with Crippen LogP contribution in [0.2, 0.25) is 0 Å². The predicted octanol–water partition coefficient (Wildman–Crippen LogP) is 2.49.